The van der Waals surface area contributed by atoms with Crippen LogP contribution in [0.25, 0.3) is 0 Å². The normalized spacial score (nSPS) is 19.0. The van der Waals surface area contributed by atoms with E-state index in [0.29, 0.717) is 0 Å². The maximum absolute atomic E-state index is 10.3. The first-order valence-corrected chi connectivity index (χ1v) is 4.92. The van der Waals surface area contributed by atoms with Crippen LogP contribution in [-0.2, 0) is 4.79 Å². The van der Waals surface area contributed by atoms with Crippen LogP contribution in [0.1, 0.15) is 12.8 Å². The summed E-state index contributed by atoms with van der Waals surface area (Å²) in [6, 6.07) is 0. The van der Waals surface area contributed by atoms with Gasteiger partial charge in [-0.15, -0.1) is 0 Å². The van der Waals surface area contributed by atoms with Crippen LogP contribution >= 0.6 is 0 Å². The first-order chi connectivity index (χ1) is 6.36. The van der Waals surface area contributed by atoms with Crippen LogP contribution in [0.4, 0.5) is 0 Å². The fourth-order valence-corrected chi connectivity index (χ4v) is 1.54. The number of nitrogens with zero attached hydrogens (tertiary/aromatic N) is 2. The Bertz CT molecular complexity index is 144. The molecule has 0 aromatic heterocycles. The van der Waals surface area contributed by atoms with Crippen molar-refractivity contribution in [1.29, 1.82) is 0 Å². The second-order valence-electron chi connectivity index (χ2n) is 3.42. The van der Waals surface area contributed by atoms with Crippen molar-refractivity contribution in [2.75, 3.05) is 39.3 Å². The zero-order valence-corrected chi connectivity index (χ0v) is 8.04. The largest absolute Gasteiger partial charge is 0.332 e. The first kappa shape index (κ1) is 10.5. The van der Waals surface area contributed by atoms with E-state index in [9.17, 15) is 4.79 Å². The SMILES string of the molecule is NCCCCN1CCN([C]=O)CC1. The molecule has 4 nitrogen and oxygen atoms in total. The van der Waals surface area contributed by atoms with E-state index in [2.05, 4.69) is 4.90 Å². The van der Waals surface area contributed by atoms with Gasteiger partial charge >= 0.3 is 6.41 Å². The number of hydrogen-bond acceptors (Lipinski definition) is 3. The molecular formula is C9H18N3O. The quantitative estimate of drug-likeness (QED) is 0.581. The number of unbranched alkanes of at least 4 members (excludes halogenated alkanes) is 1. The molecule has 1 heterocycles. The van der Waals surface area contributed by atoms with Crippen molar-refractivity contribution in [3.8, 4) is 0 Å². The number of nitrogens with two attached hydrogens (primary N) is 1. The van der Waals surface area contributed by atoms with Crippen LogP contribution in [0.5, 0.6) is 0 Å². The lowest BCUT2D eigenvalue weighted by Gasteiger charge is -2.31. The van der Waals surface area contributed by atoms with Gasteiger partial charge in [0.25, 0.3) is 0 Å². The first-order valence-electron chi connectivity index (χ1n) is 4.92. The van der Waals surface area contributed by atoms with Crippen molar-refractivity contribution >= 4 is 6.41 Å². The van der Waals surface area contributed by atoms with Crippen LogP contribution in [-0.4, -0.2) is 55.5 Å². The lowest BCUT2D eigenvalue weighted by atomic mass is 10.2. The molecule has 0 atom stereocenters. The summed E-state index contributed by atoms with van der Waals surface area (Å²) in [5.74, 6) is 0. The second-order valence-corrected chi connectivity index (χ2v) is 3.42. The number of carbonyl (C=O) groups excluding carboxylic acids is 1. The average molecular weight is 184 g/mol. The van der Waals surface area contributed by atoms with Gasteiger partial charge in [0, 0.05) is 26.2 Å². The topological polar surface area (TPSA) is 49.6 Å². The molecule has 75 valence electrons. The van der Waals surface area contributed by atoms with Crippen molar-refractivity contribution in [2.24, 2.45) is 5.73 Å². The third-order valence-electron chi connectivity index (χ3n) is 2.43. The summed E-state index contributed by atoms with van der Waals surface area (Å²) in [6.07, 6.45) is 4.19. The number of hydrogen-bond donors (Lipinski definition) is 1. The molecule has 0 unspecified atom stereocenters. The lowest BCUT2D eigenvalue weighted by Crippen LogP contribution is -2.45. The van der Waals surface area contributed by atoms with Crippen LogP contribution in [0, 0.1) is 0 Å². The highest BCUT2D eigenvalue weighted by molar-refractivity contribution is 5.48. The summed E-state index contributed by atoms with van der Waals surface area (Å²) >= 11 is 0. The molecule has 13 heavy (non-hydrogen) atoms. The molecule has 1 aliphatic heterocycles. The molecule has 1 fully saturated rings. The van der Waals surface area contributed by atoms with Gasteiger partial charge in [-0.1, -0.05) is 0 Å². The number of piperazine rings is 1. The molecule has 0 aromatic rings. The summed E-state index contributed by atoms with van der Waals surface area (Å²) in [6.45, 7) is 5.52. The summed E-state index contributed by atoms with van der Waals surface area (Å²) < 4.78 is 0. The van der Waals surface area contributed by atoms with Crippen molar-refractivity contribution in [3.63, 3.8) is 0 Å². The summed E-state index contributed by atoms with van der Waals surface area (Å²) in [4.78, 5) is 14.4. The maximum Gasteiger partial charge on any atom is 0.312 e. The van der Waals surface area contributed by atoms with Crippen LogP contribution < -0.4 is 5.73 Å². The summed E-state index contributed by atoms with van der Waals surface area (Å²) in [5, 5.41) is 0. The van der Waals surface area contributed by atoms with Gasteiger partial charge in [0.05, 0.1) is 0 Å². The van der Waals surface area contributed by atoms with Gasteiger partial charge in [-0.25, -0.2) is 0 Å². The van der Waals surface area contributed by atoms with E-state index < -0.39 is 0 Å². The Balaban J connectivity index is 2.07. The van der Waals surface area contributed by atoms with E-state index in [0.717, 1.165) is 45.7 Å². The standard InChI is InChI=1S/C9H18N3O/c10-3-1-2-4-11-5-7-12(9-13)8-6-11/h1-8,10H2. The van der Waals surface area contributed by atoms with Crippen LogP contribution in [0.15, 0.2) is 0 Å². The molecule has 0 saturated carbocycles. The highest BCUT2D eigenvalue weighted by Gasteiger charge is 2.14. The van der Waals surface area contributed by atoms with E-state index in [1.165, 1.54) is 6.42 Å². The summed E-state index contributed by atoms with van der Waals surface area (Å²) in [5.41, 5.74) is 5.41. The Morgan fingerprint density at radius 2 is 1.85 bits per heavy atom. The monoisotopic (exact) mass is 184 g/mol. The fraction of sp³-hybridized carbons (Fsp3) is 0.889. The molecule has 1 amide bonds. The molecule has 0 bridgehead atoms. The highest BCUT2D eigenvalue weighted by atomic mass is 16.1. The van der Waals surface area contributed by atoms with Gasteiger partial charge in [0.2, 0.25) is 0 Å². The zero-order valence-electron chi connectivity index (χ0n) is 8.04. The van der Waals surface area contributed by atoms with E-state index in [1.807, 2.05) is 6.41 Å². The van der Waals surface area contributed by atoms with Gasteiger partial charge < -0.3 is 10.6 Å². The Kier molecular flexibility index (Phi) is 4.78. The van der Waals surface area contributed by atoms with Crippen molar-refractivity contribution in [3.05, 3.63) is 0 Å². The van der Waals surface area contributed by atoms with Gasteiger partial charge in [-0.3, -0.25) is 9.69 Å². The maximum atomic E-state index is 10.3. The van der Waals surface area contributed by atoms with E-state index in [4.69, 9.17) is 5.73 Å². The van der Waals surface area contributed by atoms with Crippen LogP contribution in [0.2, 0.25) is 0 Å². The number of amides is 1. The van der Waals surface area contributed by atoms with Crippen LogP contribution in [0.3, 0.4) is 0 Å². The predicted molar refractivity (Wildman–Crippen MR) is 52.0 cm³/mol. The molecule has 1 saturated heterocycles. The van der Waals surface area contributed by atoms with Gasteiger partial charge in [0.1, 0.15) is 0 Å². The molecule has 0 aliphatic carbocycles. The molecule has 1 rings (SSSR count). The summed E-state index contributed by atoms with van der Waals surface area (Å²) in [7, 11) is 0. The Morgan fingerprint density at radius 1 is 1.15 bits per heavy atom. The van der Waals surface area contributed by atoms with Gasteiger partial charge in [0.15, 0.2) is 0 Å². The second kappa shape index (κ2) is 5.94. The Labute approximate surface area is 79.7 Å². The predicted octanol–water partition coefficient (Wildman–Crippen LogP) is -0.590. The minimum atomic E-state index is 0.780. The smallest absolute Gasteiger partial charge is 0.312 e. The minimum absolute atomic E-state index is 0.780. The van der Waals surface area contributed by atoms with Gasteiger partial charge in [-0.05, 0) is 25.9 Å². The van der Waals surface area contributed by atoms with Crippen molar-refractivity contribution < 1.29 is 4.79 Å². The molecule has 0 aromatic carbocycles. The molecule has 0 spiro atoms. The Morgan fingerprint density at radius 3 is 2.38 bits per heavy atom. The van der Waals surface area contributed by atoms with Gasteiger partial charge in [-0.2, -0.15) is 0 Å². The molecular weight excluding hydrogens is 166 g/mol. The van der Waals surface area contributed by atoms with E-state index in [-0.39, 0.29) is 0 Å². The molecule has 2 N–H and O–H groups in total. The average Bonchev–Trinajstić information content (AvgIpc) is 2.19. The third-order valence-corrected chi connectivity index (χ3v) is 2.43. The molecule has 1 aliphatic rings. The third kappa shape index (κ3) is 3.74. The van der Waals surface area contributed by atoms with E-state index >= 15 is 0 Å². The van der Waals surface area contributed by atoms with Crippen molar-refractivity contribution in [2.45, 2.75) is 12.8 Å². The molecule has 4 heteroatoms. The molecule has 1 radical (unpaired) electrons. The zero-order chi connectivity index (χ0) is 9.52. The lowest BCUT2D eigenvalue weighted by molar-refractivity contribution is 0.176. The number of rotatable bonds is 5. The van der Waals surface area contributed by atoms with Crippen molar-refractivity contribution in [1.82, 2.24) is 9.80 Å². The Hall–Kier alpha value is -0.610. The highest BCUT2D eigenvalue weighted by Crippen LogP contribution is 2.01. The van der Waals surface area contributed by atoms with E-state index in [1.54, 1.807) is 4.90 Å². The minimum Gasteiger partial charge on any atom is -0.332 e. The fourth-order valence-electron chi connectivity index (χ4n) is 1.54.